The van der Waals surface area contributed by atoms with E-state index in [9.17, 15) is 4.79 Å². The number of benzene rings is 2. The minimum absolute atomic E-state index is 0.0422. The summed E-state index contributed by atoms with van der Waals surface area (Å²) in [7, 11) is 0. The van der Waals surface area contributed by atoms with Crippen LogP contribution < -0.4 is 5.32 Å². The van der Waals surface area contributed by atoms with Crippen molar-refractivity contribution >= 4 is 21.8 Å². The predicted octanol–water partition coefficient (Wildman–Crippen LogP) is 4.36. The molecule has 1 atom stereocenters. The Morgan fingerprint density at radius 3 is 2.50 bits per heavy atom. The molecular formula is C21H22BrN3O. The van der Waals surface area contributed by atoms with Crippen molar-refractivity contribution in [1.82, 2.24) is 15.1 Å². The molecule has 1 aromatic heterocycles. The number of halogens is 1. The Kier molecular flexibility index (Phi) is 5.89. The molecule has 0 aliphatic rings. The third kappa shape index (κ3) is 4.61. The van der Waals surface area contributed by atoms with Gasteiger partial charge in [0.1, 0.15) is 0 Å². The molecule has 0 bridgehead atoms. The van der Waals surface area contributed by atoms with Gasteiger partial charge in [-0.2, -0.15) is 5.10 Å². The van der Waals surface area contributed by atoms with Gasteiger partial charge in [-0.3, -0.25) is 9.48 Å². The Balaban J connectivity index is 1.63. The zero-order valence-electron chi connectivity index (χ0n) is 14.9. The molecule has 3 rings (SSSR count). The Labute approximate surface area is 162 Å². The van der Waals surface area contributed by atoms with E-state index in [1.807, 2.05) is 48.9 Å². The van der Waals surface area contributed by atoms with Crippen LogP contribution in [0.1, 0.15) is 34.1 Å². The van der Waals surface area contributed by atoms with E-state index >= 15 is 0 Å². The molecule has 0 saturated carbocycles. The van der Waals surface area contributed by atoms with Gasteiger partial charge in [-0.1, -0.05) is 58.4 Å². The number of rotatable bonds is 6. The highest BCUT2D eigenvalue weighted by atomic mass is 79.9. The van der Waals surface area contributed by atoms with Crippen LogP contribution in [-0.4, -0.2) is 21.7 Å². The van der Waals surface area contributed by atoms with Crippen LogP contribution in [0.15, 0.2) is 65.3 Å². The molecule has 0 aliphatic carbocycles. The van der Waals surface area contributed by atoms with E-state index in [-0.39, 0.29) is 11.9 Å². The van der Waals surface area contributed by atoms with Gasteiger partial charge < -0.3 is 5.32 Å². The molecule has 5 heteroatoms. The number of nitrogens with zero attached hydrogens (tertiary/aromatic N) is 2. The van der Waals surface area contributed by atoms with E-state index in [1.165, 1.54) is 5.56 Å². The van der Waals surface area contributed by atoms with E-state index < -0.39 is 0 Å². The minimum Gasteiger partial charge on any atom is -0.349 e. The molecule has 1 heterocycles. The summed E-state index contributed by atoms with van der Waals surface area (Å²) in [4.78, 5) is 12.6. The number of nitrogens with one attached hydrogen (secondary N) is 1. The van der Waals surface area contributed by atoms with Crippen LogP contribution in [0.25, 0.3) is 0 Å². The maximum Gasteiger partial charge on any atom is 0.254 e. The van der Waals surface area contributed by atoms with E-state index in [0.717, 1.165) is 22.2 Å². The molecule has 0 fully saturated rings. The fourth-order valence-corrected chi connectivity index (χ4v) is 3.18. The van der Waals surface area contributed by atoms with Gasteiger partial charge in [-0.05, 0) is 43.5 Å². The van der Waals surface area contributed by atoms with Crippen molar-refractivity contribution in [2.75, 3.05) is 0 Å². The molecule has 0 radical (unpaired) electrons. The largest absolute Gasteiger partial charge is 0.349 e. The maximum atomic E-state index is 12.6. The number of hydrogen-bond acceptors (Lipinski definition) is 2. The number of carbonyl (C=O) groups excluding carboxylic acids is 1. The first kappa shape index (κ1) is 18.4. The van der Waals surface area contributed by atoms with Gasteiger partial charge in [0.05, 0.1) is 18.3 Å². The predicted molar refractivity (Wildman–Crippen MR) is 107 cm³/mol. The molecule has 0 aliphatic heterocycles. The quantitative estimate of drug-likeness (QED) is 0.654. The van der Waals surface area contributed by atoms with Crippen molar-refractivity contribution in [2.45, 2.75) is 32.9 Å². The van der Waals surface area contributed by atoms with Gasteiger partial charge in [-0.15, -0.1) is 0 Å². The maximum absolute atomic E-state index is 12.6. The van der Waals surface area contributed by atoms with Gasteiger partial charge in [0.15, 0.2) is 0 Å². The molecule has 1 N–H and O–H groups in total. The summed E-state index contributed by atoms with van der Waals surface area (Å²) in [5, 5.41) is 7.46. The van der Waals surface area contributed by atoms with Gasteiger partial charge in [0, 0.05) is 16.2 Å². The zero-order valence-corrected chi connectivity index (χ0v) is 16.5. The number of hydrogen-bond donors (Lipinski definition) is 1. The van der Waals surface area contributed by atoms with E-state index in [2.05, 4.69) is 50.6 Å². The van der Waals surface area contributed by atoms with Crippen LogP contribution in [0.4, 0.5) is 0 Å². The van der Waals surface area contributed by atoms with Crippen LogP contribution in [0, 0.1) is 6.92 Å². The smallest absolute Gasteiger partial charge is 0.254 e. The van der Waals surface area contributed by atoms with E-state index in [0.29, 0.717) is 12.1 Å². The Bertz CT molecular complexity index is 872. The fourth-order valence-electron chi connectivity index (χ4n) is 2.91. The van der Waals surface area contributed by atoms with Crippen LogP contribution in [0.3, 0.4) is 0 Å². The van der Waals surface area contributed by atoms with Gasteiger partial charge >= 0.3 is 0 Å². The lowest BCUT2D eigenvalue weighted by Crippen LogP contribution is -2.34. The topological polar surface area (TPSA) is 46.9 Å². The molecular weight excluding hydrogens is 390 g/mol. The lowest BCUT2D eigenvalue weighted by Gasteiger charge is -2.14. The molecule has 4 nitrogen and oxygen atoms in total. The average molecular weight is 412 g/mol. The first-order valence-corrected chi connectivity index (χ1v) is 9.44. The lowest BCUT2D eigenvalue weighted by molar-refractivity contribution is 0.0939. The SMILES string of the molecule is Cc1c(C(=O)NC(C)Cc2ccc(Br)cc2)cnn1Cc1ccccc1. The normalized spacial score (nSPS) is 12.0. The fraction of sp³-hybridized carbons (Fsp3) is 0.238. The highest BCUT2D eigenvalue weighted by molar-refractivity contribution is 9.10. The van der Waals surface area contributed by atoms with Crippen molar-refractivity contribution in [3.8, 4) is 0 Å². The third-order valence-corrected chi connectivity index (χ3v) is 4.88. The summed E-state index contributed by atoms with van der Waals surface area (Å²) < 4.78 is 2.92. The second-order valence-corrected chi connectivity index (χ2v) is 7.41. The van der Waals surface area contributed by atoms with Gasteiger partial charge in [0.2, 0.25) is 0 Å². The molecule has 134 valence electrons. The van der Waals surface area contributed by atoms with Crippen molar-refractivity contribution in [3.05, 3.63) is 87.7 Å². The highest BCUT2D eigenvalue weighted by Crippen LogP contribution is 2.13. The summed E-state index contributed by atoms with van der Waals surface area (Å²) in [5.74, 6) is -0.0774. The van der Waals surface area contributed by atoms with Crippen LogP contribution in [-0.2, 0) is 13.0 Å². The van der Waals surface area contributed by atoms with Gasteiger partial charge in [-0.25, -0.2) is 0 Å². The molecule has 2 aromatic carbocycles. The first-order chi connectivity index (χ1) is 12.5. The number of aromatic nitrogens is 2. The second-order valence-electron chi connectivity index (χ2n) is 6.49. The summed E-state index contributed by atoms with van der Waals surface area (Å²) >= 11 is 3.44. The number of carbonyl (C=O) groups is 1. The number of amides is 1. The Morgan fingerprint density at radius 2 is 1.81 bits per heavy atom. The van der Waals surface area contributed by atoms with Crippen molar-refractivity contribution in [1.29, 1.82) is 0 Å². The monoisotopic (exact) mass is 411 g/mol. The Morgan fingerprint density at radius 1 is 1.12 bits per heavy atom. The molecule has 26 heavy (non-hydrogen) atoms. The minimum atomic E-state index is -0.0774. The molecule has 0 spiro atoms. The molecule has 1 unspecified atom stereocenters. The van der Waals surface area contributed by atoms with Crippen molar-refractivity contribution in [2.24, 2.45) is 0 Å². The molecule has 0 saturated heterocycles. The summed E-state index contributed by atoms with van der Waals surface area (Å²) in [6.45, 7) is 4.61. The Hall–Kier alpha value is -2.40. The van der Waals surface area contributed by atoms with Crippen molar-refractivity contribution in [3.63, 3.8) is 0 Å². The highest BCUT2D eigenvalue weighted by Gasteiger charge is 2.16. The average Bonchev–Trinajstić information content (AvgIpc) is 2.98. The third-order valence-electron chi connectivity index (χ3n) is 4.36. The van der Waals surface area contributed by atoms with E-state index in [1.54, 1.807) is 6.20 Å². The van der Waals surface area contributed by atoms with Crippen LogP contribution >= 0.6 is 15.9 Å². The molecule has 3 aromatic rings. The summed E-state index contributed by atoms with van der Waals surface area (Å²) in [6, 6.07) is 18.3. The van der Waals surface area contributed by atoms with Crippen LogP contribution in [0.2, 0.25) is 0 Å². The summed E-state index contributed by atoms with van der Waals surface area (Å²) in [6.07, 6.45) is 2.44. The first-order valence-electron chi connectivity index (χ1n) is 8.64. The van der Waals surface area contributed by atoms with E-state index in [4.69, 9.17) is 0 Å². The van der Waals surface area contributed by atoms with Gasteiger partial charge in [0.25, 0.3) is 5.91 Å². The molecule has 1 amide bonds. The standard InChI is InChI=1S/C21H22BrN3O/c1-15(12-17-8-10-19(22)11-9-17)24-21(26)20-13-23-25(16(20)2)14-18-6-4-3-5-7-18/h3-11,13,15H,12,14H2,1-2H3,(H,24,26). The lowest BCUT2D eigenvalue weighted by atomic mass is 10.1. The zero-order chi connectivity index (χ0) is 18.5. The van der Waals surface area contributed by atoms with Crippen molar-refractivity contribution < 1.29 is 4.79 Å². The second kappa shape index (κ2) is 8.32. The van der Waals surface area contributed by atoms with Crippen LogP contribution in [0.5, 0.6) is 0 Å². The summed E-state index contributed by atoms with van der Waals surface area (Å²) in [5.41, 5.74) is 3.86.